The first-order valence-electron chi connectivity index (χ1n) is 6.77. The first-order valence-corrected chi connectivity index (χ1v) is 6.77. The molecule has 1 N–H and O–H groups in total. The van der Waals surface area contributed by atoms with Crippen LogP contribution in [0.3, 0.4) is 0 Å². The molecule has 1 aromatic carbocycles. The largest absolute Gasteiger partial charge is 0.347 e. The van der Waals surface area contributed by atoms with Crippen LogP contribution in [-0.2, 0) is 16.0 Å². The van der Waals surface area contributed by atoms with Gasteiger partial charge in [0.05, 0.1) is 6.54 Å². The van der Waals surface area contributed by atoms with Gasteiger partial charge in [-0.15, -0.1) is 0 Å². The fourth-order valence-electron chi connectivity index (χ4n) is 2.42. The number of benzene rings is 1. The average Bonchev–Trinajstić information content (AvgIpc) is 2.52. The van der Waals surface area contributed by atoms with E-state index < -0.39 is 0 Å². The summed E-state index contributed by atoms with van der Waals surface area (Å²) in [4.78, 5) is 25.1. The predicted octanol–water partition coefficient (Wildman–Crippen LogP) is 1.36. The van der Waals surface area contributed by atoms with Crippen LogP contribution >= 0.6 is 0 Å². The molecule has 1 aliphatic rings. The molecule has 1 fully saturated rings. The number of nitrogens with one attached hydrogen (secondary N) is 1. The van der Waals surface area contributed by atoms with Crippen LogP contribution in [0, 0.1) is 0 Å². The molecule has 1 heterocycles. The molecule has 0 radical (unpaired) electrons. The van der Waals surface area contributed by atoms with Gasteiger partial charge >= 0.3 is 0 Å². The maximum absolute atomic E-state index is 11.9. The van der Waals surface area contributed by atoms with Gasteiger partial charge in [-0.25, -0.2) is 0 Å². The molecule has 0 bridgehead atoms. The highest BCUT2D eigenvalue weighted by atomic mass is 16.2. The highest BCUT2D eigenvalue weighted by Crippen LogP contribution is 2.10. The van der Waals surface area contributed by atoms with Crippen molar-refractivity contribution in [3.8, 4) is 0 Å². The Bertz CT molecular complexity index is 445. The summed E-state index contributed by atoms with van der Waals surface area (Å²) in [6, 6.07) is 10.2. The molecule has 4 nitrogen and oxygen atoms in total. The maximum atomic E-state index is 11.9. The normalized spacial score (nSPS) is 20.1. The van der Waals surface area contributed by atoms with Gasteiger partial charge in [0.25, 0.3) is 0 Å². The second-order valence-corrected chi connectivity index (χ2v) is 5.01. The van der Waals surface area contributed by atoms with E-state index in [0.29, 0.717) is 13.0 Å². The average molecular weight is 260 g/mol. The van der Waals surface area contributed by atoms with Crippen LogP contribution in [-0.4, -0.2) is 35.8 Å². The summed E-state index contributed by atoms with van der Waals surface area (Å²) < 4.78 is 0. The molecule has 2 rings (SSSR count). The van der Waals surface area contributed by atoms with Gasteiger partial charge in [0, 0.05) is 19.0 Å². The highest BCUT2D eigenvalue weighted by molar-refractivity contribution is 5.87. The van der Waals surface area contributed by atoms with Crippen molar-refractivity contribution >= 4 is 11.8 Å². The second-order valence-electron chi connectivity index (χ2n) is 5.01. The van der Waals surface area contributed by atoms with Crippen molar-refractivity contribution in [3.05, 3.63) is 35.9 Å². The van der Waals surface area contributed by atoms with Crippen LogP contribution in [0.5, 0.6) is 0 Å². The van der Waals surface area contributed by atoms with E-state index in [1.54, 1.807) is 0 Å². The van der Waals surface area contributed by atoms with E-state index >= 15 is 0 Å². The van der Waals surface area contributed by atoms with Crippen LogP contribution < -0.4 is 5.32 Å². The summed E-state index contributed by atoms with van der Waals surface area (Å²) in [5.41, 5.74) is 1.28. The van der Waals surface area contributed by atoms with Crippen molar-refractivity contribution in [2.75, 3.05) is 13.1 Å². The van der Waals surface area contributed by atoms with Gasteiger partial charge < -0.3 is 10.2 Å². The molecule has 1 unspecified atom stereocenters. The summed E-state index contributed by atoms with van der Waals surface area (Å²) in [7, 11) is 0. The molecule has 0 aliphatic carbocycles. The Kier molecular flexibility index (Phi) is 4.55. The highest BCUT2D eigenvalue weighted by Gasteiger charge is 2.25. The van der Waals surface area contributed by atoms with Gasteiger partial charge in [-0.3, -0.25) is 9.59 Å². The van der Waals surface area contributed by atoms with Crippen molar-refractivity contribution in [1.82, 2.24) is 10.2 Å². The van der Waals surface area contributed by atoms with Crippen LogP contribution in [0.2, 0.25) is 0 Å². The lowest BCUT2D eigenvalue weighted by Crippen LogP contribution is -2.40. The quantitative estimate of drug-likeness (QED) is 0.888. The molecular formula is C15H20N2O2. The summed E-state index contributed by atoms with van der Waals surface area (Å²) >= 11 is 0. The molecule has 1 aliphatic heterocycles. The first-order chi connectivity index (χ1) is 9.16. The summed E-state index contributed by atoms with van der Waals surface area (Å²) in [6.07, 6.45) is 2.28. The smallest absolute Gasteiger partial charge is 0.242 e. The molecular weight excluding hydrogens is 240 g/mol. The summed E-state index contributed by atoms with van der Waals surface area (Å²) in [5, 5.41) is 2.63. The standard InChI is InChI=1S/C15H20N2O2/c1-12-10-14(18)16-11-15(19)17(12)9-5-8-13-6-3-2-4-7-13/h2-4,6-7,12H,5,8-11H2,1H3,(H,16,18). The van der Waals surface area contributed by atoms with Crippen molar-refractivity contribution in [3.63, 3.8) is 0 Å². The van der Waals surface area contributed by atoms with Crippen LogP contribution in [0.1, 0.15) is 25.3 Å². The molecule has 0 aromatic heterocycles. The molecule has 19 heavy (non-hydrogen) atoms. The van der Waals surface area contributed by atoms with Crippen LogP contribution in [0.15, 0.2) is 30.3 Å². The molecule has 1 aromatic rings. The van der Waals surface area contributed by atoms with Gasteiger partial charge in [-0.1, -0.05) is 30.3 Å². The minimum atomic E-state index is -0.0357. The Morgan fingerprint density at radius 1 is 1.26 bits per heavy atom. The zero-order valence-corrected chi connectivity index (χ0v) is 11.3. The number of carbonyl (C=O) groups excluding carboxylic acids is 2. The van der Waals surface area contributed by atoms with E-state index in [0.717, 1.165) is 12.8 Å². The van der Waals surface area contributed by atoms with Crippen molar-refractivity contribution in [1.29, 1.82) is 0 Å². The number of carbonyl (C=O) groups is 2. The molecule has 1 saturated heterocycles. The zero-order valence-electron chi connectivity index (χ0n) is 11.3. The van der Waals surface area contributed by atoms with Crippen molar-refractivity contribution < 1.29 is 9.59 Å². The summed E-state index contributed by atoms with van der Waals surface area (Å²) in [5.74, 6) is -0.0159. The monoisotopic (exact) mass is 260 g/mol. The van der Waals surface area contributed by atoms with Crippen molar-refractivity contribution in [2.24, 2.45) is 0 Å². The Hall–Kier alpha value is -1.84. The lowest BCUT2D eigenvalue weighted by Gasteiger charge is -2.26. The van der Waals surface area contributed by atoms with Gasteiger partial charge in [0.1, 0.15) is 0 Å². The van der Waals surface area contributed by atoms with E-state index in [4.69, 9.17) is 0 Å². The fraction of sp³-hybridized carbons (Fsp3) is 0.467. The van der Waals surface area contributed by atoms with Crippen LogP contribution in [0.4, 0.5) is 0 Å². The third kappa shape index (κ3) is 3.81. The van der Waals surface area contributed by atoms with Crippen LogP contribution in [0.25, 0.3) is 0 Å². The van der Waals surface area contributed by atoms with Gasteiger partial charge in [0.15, 0.2) is 0 Å². The topological polar surface area (TPSA) is 49.4 Å². The first kappa shape index (κ1) is 13.6. The number of aryl methyl sites for hydroxylation is 1. The van der Waals surface area contributed by atoms with E-state index in [1.807, 2.05) is 30.0 Å². The SMILES string of the molecule is CC1CC(=O)NCC(=O)N1CCCc1ccccc1. The van der Waals surface area contributed by atoms with E-state index in [1.165, 1.54) is 5.56 Å². The Balaban J connectivity index is 1.87. The second kappa shape index (κ2) is 6.36. The molecule has 1 atom stereocenters. The lowest BCUT2D eigenvalue weighted by molar-refractivity contribution is -0.131. The Labute approximate surface area is 113 Å². The molecule has 2 amide bonds. The predicted molar refractivity (Wildman–Crippen MR) is 73.6 cm³/mol. The minimum absolute atomic E-state index is 0.00854. The number of hydrogen-bond donors (Lipinski definition) is 1. The van der Waals surface area contributed by atoms with E-state index in [-0.39, 0.29) is 24.4 Å². The number of hydrogen-bond acceptors (Lipinski definition) is 2. The zero-order chi connectivity index (χ0) is 13.7. The lowest BCUT2D eigenvalue weighted by atomic mass is 10.1. The number of nitrogens with zero attached hydrogens (tertiary/aromatic N) is 1. The third-order valence-corrected chi connectivity index (χ3v) is 3.48. The number of amides is 2. The molecule has 0 spiro atoms. The van der Waals surface area contributed by atoms with E-state index in [2.05, 4.69) is 17.4 Å². The molecule has 4 heteroatoms. The fourth-order valence-corrected chi connectivity index (χ4v) is 2.42. The maximum Gasteiger partial charge on any atom is 0.242 e. The summed E-state index contributed by atoms with van der Waals surface area (Å²) in [6.45, 7) is 2.78. The van der Waals surface area contributed by atoms with Gasteiger partial charge in [0.2, 0.25) is 11.8 Å². The van der Waals surface area contributed by atoms with Gasteiger partial charge in [-0.2, -0.15) is 0 Å². The third-order valence-electron chi connectivity index (χ3n) is 3.48. The van der Waals surface area contributed by atoms with Crippen molar-refractivity contribution in [2.45, 2.75) is 32.2 Å². The molecule has 102 valence electrons. The number of rotatable bonds is 4. The Morgan fingerprint density at radius 3 is 2.74 bits per heavy atom. The van der Waals surface area contributed by atoms with E-state index in [9.17, 15) is 9.59 Å². The van der Waals surface area contributed by atoms with Gasteiger partial charge in [-0.05, 0) is 25.3 Å². The molecule has 0 saturated carbocycles. The Morgan fingerprint density at radius 2 is 2.00 bits per heavy atom. The minimum Gasteiger partial charge on any atom is -0.347 e.